The highest BCUT2D eigenvalue weighted by molar-refractivity contribution is 5.91. The second-order valence-electron chi connectivity index (χ2n) is 9.22. The highest BCUT2D eigenvalue weighted by Gasteiger charge is 2.51. The molecule has 1 aliphatic rings. The first-order chi connectivity index (χ1) is 15.6. The van der Waals surface area contributed by atoms with E-state index in [1.807, 2.05) is 36.4 Å². The molecule has 0 aliphatic heterocycles. The van der Waals surface area contributed by atoms with E-state index in [0.717, 1.165) is 36.9 Å². The van der Waals surface area contributed by atoms with Crippen LogP contribution in [-0.4, -0.2) is 10.5 Å². The van der Waals surface area contributed by atoms with Crippen LogP contribution in [0.3, 0.4) is 0 Å². The minimum atomic E-state index is -0.810. The normalized spacial score (nSPS) is 18.7. The molecule has 0 radical (unpaired) electrons. The maximum absolute atomic E-state index is 13.3. The number of amides is 1. The number of aromatic nitrogens is 2. The molecule has 2 aromatic carbocycles. The van der Waals surface area contributed by atoms with Gasteiger partial charge < -0.3 is 5.73 Å². The zero-order valence-corrected chi connectivity index (χ0v) is 19.4. The number of hydrogen-bond acceptors (Lipinski definition) is 1. The second-order valence-corrected chi connectivity index (χ2v) is 9.22. The number of nitrogens with two attached hydrogens (primary N) is 1. The minimum Gasteiger partial charge on any atom is -0.369 e. The highest BCUT2D eigenvalue weighted by Crippen LogP contribution is 2.49. The van der Waals surface area contributed by atoms with Gasteiger partial charge in [0.25, 0.3) is 5.82 Å². The molecule has 1 aromatic heterocycles. The van der Waals surface area contributed by atoms with Crippen LogP contribution < -0.4 is 10.3 Å². The summed E-state index contributed by atoms with van der Waals surface area (Å²) in [5, 5.41) is 0. The maximum atomic E-state index is 13.3. The van der Waals surface area contributed by atoms with Gasteiger partial charge in [0.2, 0.25) is 5.91 Å². The van der Waals surface area contributed by atoms with Crippen LogP contribution in [0.2, 0.25) is 0 Å². The Morgan fingerprint density at radius 2 is 1.66 bits per heavy atom. The van der Waals surface area contributed by atoms with Gasteiger partial charge in [-0.2, -0.15) is 0 Å². The van der Waals surface area contributed by atoms with E-state index in [-0.39, 0.29) is 11.8 Å². The molecule has 4 heteroatoms. The number of rotatable bonds is 9. The molecular weight excluding hydrogens is 394 g/mol. The molecule has 1 amide bonds. The summed E-state index contributed by atoms with van der Waals surface area (Å²) in [6, 6.07) is 20.7. The number of primary amides is 1. The van der Waals surface area contributed by atoms with Crippen LogP contribution in [0.25, 0.3) is 0 Å². The molecule has 32 heavy (non-hydrogen) atoms. The standard InChI is InChI=1S/C28H35N3O/c1-3-4-11-18-30-19-20-31(22(30)2)26-17-16-25(21-26)28(27(29)32,23-12-7-5-8-13-23)24-14-9-6-10-15-24/h5-10,12-15,19-20,25-26H,3-4,11,16-18,21H2,1-2H3,(H-,29,32)/p+1/t25-,26+/m0/s1. The summed E-state index contributed by atoms with van der Waals surface area (Å²) in [4.78, 5) is 13.3. The lowest BCUT2D eigenvalue weighted by Gasteiger charge is -2.37. The second kappa shape index (κ2) is 9.72. The molecule has 4 nitrogen and oxygen atoms in total. The molecule has 0 unspecified atom stereocenters. The van der Waals surface area contributed by atoms with Gasteiger partial charge in [-0.15, -0.1) is 0 Å². The van der Waals surface area contributed by atoms with Crippen molar-refractivity contribution in [3.63, 3.8) is 0 Å². The van der Waals surface area contributed by atoms with Crippen molar-refractivity contribution in [1.82, 2.24) is 4.57 Å². The van der Waals surface area contributed by atoms with Crippen LogP contribution in [0.1, 0.15) is 68.4 Å². The van der Waals surface area contributed by atoms with Gasteiger partial charge in [0, 0.05) is 6.92 Å². The Bertz CT molecular complexity index is 986. The fourth-order valence-corrected chi connectivity index (χ4v) is 5.80. The summed E-state index contributed by atoms with van der Waals surface area (Å²) >= 11 is 0. The molecule has 1 heterocycles. The zero-order valence-electron chi connectivity index (χ0n) is 19.4. The van der Waals surface area contributed by atoms with Crippen LogP contribution in [0.5, 0.6) is 0 Å². The van der Waals surface area contributed by atoms with Gasteiger partial charge in [0.15, 0.2) is 0 Å². The molecule has 2 N–H and O–H groups in total. The van der Waals surface area contributed by atoms with Crippen molar-refractivity contribution < 1.29 is 9.36 Å². The van der Waals surface area contributed by atoms with E-state index in [0.29, 0.717) is 6.04 Å². The lowest BCUT2D eigenvalue weighted by Crippen LogP contribution is -2.47. The molecule has 0 bridgehead atoms. The van der Waals surface area contributed by atoms with Crippen LogP contribution in [-0.2, 0) is 16.8 Å². The van der Waals surface area contributed by atoms with Crippen molar-refractivity contribution in [2.75, 3.05) is 0 Å². The molecule has 1 fully saturated rings. The Morgan fingerprint density at radius 3 is 2.22 bits per heavy atom. The van der Waals surface area contributed by atoms with Gasteiger partial charge in [-0.25, -0.2) is 9.13 Å². The SMILES string of the molecule is CCCCC[n+]1ccn([C@@H]2CC[C@H](C(C(N)=O)(c3ccccc3)c3ccccc3)C2)c1C. The Labute approximate surface area is 192 Å². The number of aryl methyl sites for hydroxylation is 1. The van der Waals surface area contributed by atoms with Crippen LogP contribution in [0.15, 0.2) is 73.1 Å². The van der Waals surface area contributed by atoms with Gasteiger partial charge >= 0.3 is 0 Å². The third kappa shape index (κ3) is 3.99. The van der Waals surface area contributed by atoms with Crippen LogP contribution >= 0.6 is 0 Å². The summed E-state index contributed by atoms with van der Waals surface area (Å²) < 4.78 is 4.80. The van der Waals surface area contributed by atoms with E-state index in [2.05, 4.69) is 59.6 Å². The molecule has 1 saturated carbocycles. The van der Waals surface area contributed by atoms with Crippen molar-refractivity contribution in [2.24, 2.45) is 11.7 Å². The summed E-state index contributed by atoms with van der Waals surface area (Å²) in [6.45, 7) is 5.53. The molecule has 0 saturated heterocycles. The zero-order chi connectivity index (χ0) is 22.6. The number of imidazole rings is 1. The summed E-state index contributed by atoms with van der Waals surface area (Å²) in [6.07, 6.45) is 11.1. The number of nitrogens with zero attached hydrogens (tertiary/aromatic N) is 2. The fraction of sp³-hybridized carbons (Fsp3) is 0.429. The largest absolute Gasteiger partial charge is 0.369 e. The van der Waals surface area contributed by atoms with E-state index >= 15 is 0 Å². The van der Waals surface area contributed by atoms with Crippen molar-refractivity contribution in [2.45, 2.75) is 70.4 Å². The van der Waals surface area contributed by atoms with Gasteiger partial charge in [0.1, 0.15) is 23.9 Å². The van der Waals surface area contributed by atoms with E-state index in [9.17, 15) is 4.79 Å². The van der Waals surface area contributed by atoms with Crippen molar-refractivity contribution in [3.8, 4) is 0 Å². The highest BCUT2D eigenvalue weighted by atomic mass is 16.1. The number of unbranched alkanes of at least 4 members (excludes halogenated alkanes) is 2. The lowest BCUT2D eigenvalue weighted by atomic mass is 9.64. The van der Waals surface area contributed by atoms with Crippen LogP contribution in [0, 0.1) is 12.8 Å². The molecule has 1 aliphatic carbocycles. The van der Waals surface area contributed by atoms with Crippen molar-refractivity contribution >= 4 is 5.91 Å². The summed E-state index contributed by atoms with van der Waals surface area (Å²) in [7, 11) is 0. The Kier molecular flexibility index (Phi) is 6.78. The first-order valence-corrected chi connectivity index (χ1v) is 12.1. The number of carbonyl (C=O) groups excluding carboxylic acids is 1. The summed E-state index contributed by atoms with van der Waals surface area (Å²) in [5.74, 6) is 1.21. The first kappa shape index (κ1) is 22.3. The minimum absolute atomic E-state index is 0.158. The van der Waals surface area contributed by atoms with Gasteiger partial charge in [-0.1, -0.05) is 74.0 Å². The quantitative estimate of drug-likeness (QED) is 0.373. The van der Waals surface area contributed by atoms with Gasteiger partial charge in [-0.05, 0) is 49.1 Å². The Hall–Kier alpha value is -2.88. The van der Waals surface area contributed by atoms with Crippen LogP contribution in [0.4, 0.5) is 0 Å². The fourth-order valence-electron chi connectivity index (χ4n) is 5.80. The van der Waals surface area contributed by atoms with E-state index in [4.69, 9.17) is 5.73 Å². The lowest BCUT2D eigenvalue weighted by molar-refractivity contribution is -0.703. The smallest absolute Gasteiger partial charge is 0.253 e. The molecular formula is C28H36N3O+. The van der Waals surface area contributed by atoms with E-state index in [1.165, 1.54) is 25.1 Å². The molecule has 168 valence electrons. The molecule has 2 atom stereocenters. The monoisotopic (exact) mass is 430 g/mol. The first-order valence-electron chi connectivity index (χ1n) is 12.1. The third-order valence-corrected chi connectivity index (χ3v) is 7.46. The predicted molar refractivity (Wildman–Crippen MR) is 128 cm³/mol. The Balaban J connectivity index is 1.67. The average molecular weight is 431 g/mol. The van der Waals surface area contributed by atoms with Gasteiger partial charge in [-0.3, -0.25) is 4.79 Å². The Morgan fingerprint density at radius 1 is 1.03 bits per heavy atom. The maximum Gasteiger partial charge on any atom is 0.253 e. The predicted octanol–water partition coefficient (Wildman–Crippen LogP) is 5.09. The number of hydrogen-bond donors (Lipinski definition) is 1. The van der Waals surface area contributed by atoms with Gasteiger partial charge in [0.05, 0.1) is 6.54 Å². The average Bonchev–Trinajstić information content (AvgIpc) is 3.43. The van der Waals surface area contributed by atoms with E-state index in [1.54, 1.807) is 0 Å². The third-order valence-electron chi connectivity index (χ3n) is 7.46. The molecule has 3 aromatic rings. The number of benzene rings is 2. The number of carbonyl (C=O) groups is 1. The molecule has 4 rings (SSSR count). The summed E-state index contributed by atoms with van der Waals surface area (Å²) in [5.41, 5.74) is 7.45. The van der Waals surface area contributed by atoms with Crippen molar-refractivity contribution in [1.29, 1.82) is 0 Å². The van der Waals surface area contributed by atoms with E-state index < -0.39 is 5.41 Å². The topological polar surface area (TPSA) is 51.9 Å². The molecule has 0 spiro atoms. The van der Waals surface area contributed by atoms with Crippen molar-refractivity contribution in [3.05, 3.63) is 90.0 Å².